The van der Waals surface area contributed by atoms with Crippen molar-refractivity contribution >= 4 is 5.69 Å². The van der Waals surface area contributed by atoms with Crippen LogP contribution in [-0.2, 0) is 0 Å². The molecule has 0 saturated carbocycles. The molecule has 1 unspecified atom stereocenters. The van der Waals surface area contributed by atoms with E-state index >= 15 is 0 Å². The van der Waals surface area contributed by atoms with Crippen molar-refractivity contribution < 1.29 is 4.39 Å². The molecule has 0 fully saturated rings. The third-order valence-corrected chi connectivity index (χ3v) is 1.68. The lowest BCUT2D eigenvalue weighted by Crippen LogP contribution is -2.21. The van der Waals surface area contributed by atoms with E-state index in [9.17, 15) is 4.39 Å². The summed E-state index contributed by atoms with van der Waals surface area (Å²) in [7, 11) is 0. The first kappa shape index (κ1) is 8.96. The van der Waals surface area contributed by atoms with Gasteiger partial charge in [0, 0.05) is 23.8 Å². The SMILES string of the molecule is NCC(N)c1ccc(N)cc1F. The maximum absolute atomic E-state index is 13.1. The molecule has 1 atom stereocenters. The second kappa shape index (κ2) is 3.51. The molecule has 0 saturated heterocycles. The Labute approximate surface area is 70.3 Å². The van der Waals surface area contributed by atoms with Crippen LogP contribution in [-0.4, -0.2) is 6.54 Å². The van der Waals surface area contributed by atoms with Crippen LogP contribution in [0.4, 0.5) is 10.1 Å². The average molecular weight is 169 g/mol. The first-order valence-electron chi connectivity index (χ1n) is 3.65. The molecule has 0 aromatic heterocycles. The van der Waals surface area contributed by atoms with Gasteiger partial charge in [-0.15, -0.1) is 0 Å². The van der Waals surface area contributed by atoms with E-state index in [0.29, 0.717) is 11.3 Å². The normalized spacial score (nSPS) is 12.9. The Morgan fingerprint density at radius 2 is 2.08 bits per heavy atom. The molecule has 0 aliphatic carbocycles. The van der Waals surface area contributed by atoms with E-state index in [0.717, 1.165) is 0 Å². The molecule has 6 N–H and O–H groups in total. The molecule has 0 radical (unpaired) electrons. The number of nitrogen functional groups attached to an aromatic ring is 1. The highest BCUT2D eigenvalue weighted by atomic mass is 19.1. The minimum atomic E-state index is -0.453. The van der Waals surface area contributed by atoms with Gasteiger partial charge >= 0.3 is 0 Å². The van der Waals surface area contributed by atoms with E-state index in [2.05, 4.69) is 0 Å². The van der Waals surface area contributed by atoms with Gasteiger partial charge in [0.05, 0.1) is 0 Å². The molecule has 0 aliphatic rings. The molecule has 0 heterocycles. The lowest BCUT2D eigenvalue weighted by atomic mass is 10.1. The van der Waals surface area contributed by atoms with Gasteiger partial charge in [-0.25, -0.2) is 4.39 Å². The standard InChI is InChI=1S/C8H12FN3/c9-7-3-5(11)1-2-6(7)8(12)4-10/h1-3,8H,4,10-12H2. The van der Waals surface area contributed by atoms with Crippen LogP contribution in [0.1, 0.15) is 11.6 Å². The van der Waals surface area contributed by atoms with E-state index in [4.69, 9.17) is 17.2 Å². The molecule has 66 valence electrons. The summed E-state index contributed by atoms with van der Waals surface area (Å²) in [4.78, 5) is 0. The van der Waals surface area contributed by atoms with Gasteiger partial charge < -0.3 is 17.2 Å². The second-order valence-corrected chi connectivity index (χ2v) is 2.62. The average Bonchev–Trinajstić information content (AvgIpc) is 2.03. The van der Waals surface area contributed by atoms with Crippen LogP contribution in [0.15, 0.2) is 18.2 Å². The van der Waals surface area contributed by atoms with Crippen LogP contribution in [0.2, 0.25) is 0 Å². The fourth-order valence-electron chi connectivity index (χ4n) is 0.971. The lowest BCUT2D eigenvalue weighted by Gasteiger charge is -2.09. The second-order valence-electron chi connectivity index (χ2n) is 2.62. The minimum absolute atomic E-state index is 0.223. The molecular formula is C8H12FN3. The third-order valence-electron chi connectivity index (χ3n) is 1.68. The quantitative estimate of drug-likeness (QED) is 0.559. The van der Waals surface area contributed by atoms with Crippen molar-refractivity contribution in [1.29, 1.82) is 0 Å². The molecule has 1 aromatic rings. The Morgan fingerprint density at radius 3 is 2.58 bits per heavy atom. The van der Waals surface area contributed by atoms with Gasteiger partial charge in [0.2, 0.25) is 0 Å². The Hall–Kier alpha value is -1.13. The van der Waals surface area contributed by atoms with Crippen LogP contribution in [0.3, 0.4) is 0 Å². The van der Waals surface area contributed by atoms with E-state index in [1.807, 2.05) is 0 Å². The molecular weight excluding hydrogens is 157 g/mol. The van der Waals surface area contributed by atoms with Crippen molar-refractivity contribution in [2.24, 2.45) is 11.5 Å². The predicted octanol–water partition coefficient (Wildman–Crippen LogP) is 0.366. The Bertz CT molecular complexity index is 275. The van der Waals surface area contributed by atoms with Gasteiger partial charge in [-0.3, -0.25) is 0 Å². The monoisotopic (exact) mass is 169 g/mol. The molecule has 1 rings (SSSR count). The van der Waals surface area contributed by atoms with Crippen LogP contribution >= 0.6 is 0 Å². The van der Waals surface area contributed by atoms with E-state index in [-0.39, 0.29) is 6.54 Å². The van der Waals surface area contributed by atoms with Gasteiger partial charge in [-0.1, -0.05) is 6.07 Å². The summed E-state index contributed by atoms with van der Waals surface area (Å²) in [6.45, 7) is 0.223. The predicted molar refractivity (Wildman–Crippen MR) is 46.8 cm³/mol. The number of rotatable bonds is 2. The first-order valence-corrected chi connectivity index (χ1v) is 3.65. The maximum Gasteiger partial charge on any atom is 0.130 e. The van der Waals surface area contributed by atoms with Gasteiger partial charge in [-0.2, -0.15) is 0 Å². The summed E-state index contributed by atoms with van der Waals surface area (Å²) in [5.74, 6) is -0.395. The van der Waals surface area contributed by atoms with Crippen molar-refractivity contribution in [3.63, 3.8) is 0 Å². The number of halogens is 1. The Kier molecular flexibility index (Phi) is 2.62. The maximum atomic E-state index is 13.1. The number of benzene rings is 1. The topological polar surface area (TPSA) is 78.1 Å². The molecule has 0 aliphatic heterocycles. The Balaban J connectivity index is 3.01. The molecule has 0 amide bonds. The molecule has 3 nitrogen and oxygen atoms in total. The summed E-state index contributed by atoms with van der Waals surface area (Å²) >= 11 is 0. The van der Waals surface area contributed by atoms with Crippen LogP contribution in [0.25, 0.3) is 0 Å². The summed E-state index contributed by atoms with van der Waals surface area (Å²) in [5, 5.41) is 0. The van der Waals surface area contributed by atoms with Crippen LogP contribution < -0.4 is 17.2 Å². The van der Waals surface area contributed by atoms with Crippen molar-refractivity contribution in [3.8, 4) is 0 Å². The van der Waals surface area contributed by atoms with E-state index < -0.39 is 11.9 Å². The highest BCUT2D eigenvalue weighted by molar-refractivity contribution is 5.41. The molecule has 0 spiro atoms. The zero-order chi connectivity index (χ0) is 9.14. The van der Waals surface area contributed by atoms with Gasteiger partial charge in [0.25, 0.3) is 0 Å². The zero-order valence-electron chi connectivity index (χ0n) is 6.63. The lowest BCUT2D eigenvalue weighted by molar-refractivity contribution is 0.585. The number of nitrogens with two attached hydrogens (primary N) is 3. The van der Waals surface area contributed by atoms with Gasteiger partial charge in [-0.05, 0) is 12.1 Å². The van der Waals surface area contributed by atoms with Crippen molar-refractivity contribution in [2.45, 2.75) is 6.04 Å². The summed E-state index contributed by atoms with van der Waals surface area (Å²) in [6, 6.07) is 3.95. The third kappa shape index (κ3) is 1.72. The van der Waals surface area contributed by atoms with Crippen molar-refractivity contribution in [3.05, 3.63) is 29.6 Å². The number of anilines is 1. The highest BCUT2D eigenvalue weighted by Crippen LogP contribution is 2.16. The summed E-state index contributed by atoms with van der Waals surface area (Å²) in [5.41, 5.74) is 17.0. The summed E-state index contributed by atoms with van der Waals surface area (Å²) in [6.07, 6.45) is 0. The summed E-state index contributed by atoms with van der Waals surface area (Å²) < 4.78 is 13.1. The van der Waals surface area contributed by atoms with Gasteiger partial charge in [0.1, 0.15) is 5.82 Å². The highest BCUT2D eigenvalue weighted by Gasteiger charge is 2.08. The van der Waals surface area contributed by atoms with Gasteiger partial charge in [0.15, 0.2) is 0 Å². The number of hydrogen-bond donors (Lipinski definition) is 3. The minimum Gasteiger partial charge on any atom is -0.399 e. The van der Waals surface area contributed by atoms with E-state index in [1.54, 1.807) is 12.1 Å². The molecule has 1 aromatic carbocycles. The zero-order valence-corrected chi connectivity index (χ0v) is 6.63. The number of hydrogen-bond acceptors (Lipinski definition) is 3. The molecule has 4 heteroatoms. The first-order chi connectivity index (χ1) is 5.65. The van der Waals surface area contributed by atoms with Crippen LogP contribution in [0.5, 0.6) is 0 Å². The largest absolute Gasteiger partial charge is 0.399 e. The smallest absolute Gasteiger partial charge is 0.130 e. The fourth-order valence-corrected chi connectivity index (χ4v) is 0.971. The van der Waals surface area contributed by atoms with Crippen LogP contribution in [0, 0.1) is 5.82 Å². The van der Waals surface area contributed by atoms with Crippen molar-refractivity contribution in [1.82, 2.24) is 0 Å². The van der Waals surface area contributed by atoms with Crippen molar-refractivity contribution in [2.75, 3.05) is 12.3 Å². The molecule has 12 heavy (non-hydrogen) atoms. The molecule has 0 bridgehead atoms. The Morgan fingerprint density at radius 1 is 1.42 bits per heavy atom. The fraction of sp³-hybridized carbons (Fsp3) is 0.250. The van der Waals surface area contributed by atoms with E-state index in [1.165, 1.54) is 6.07 Å².